The average molecular weight is 260 g/mol. The molecule has 0 unspecified atom stereocenters. The molecule has 1 heterocycles. The van der Waals surface area contributed by atoms with Gasteiger partial charge in [0, 0.05) is 18.4 Å². The number of aliphatic hydroxyl groups excluding tert-OH is 1. The Bertz CT molecular complexity index is 526. The van der Waals surface area contributed by atoms with Gasteiger partial charge in [-0.1, -0.05) is 0 Å². The van der Waals surface area contributed by atoms with Gasteiger partial charge in [0.15, 0.2) is 0 Å². The minimum Gasteiger partial charge on any atom is -0.396 e. The molecule has 94 valence electrons. The summed E-state index contributed by atoms with van der Waals surface area (Å²) in [6.45, 7) is 1.26. The second-order valence-electron chi connectivity index (χ2n) is 3.43. The van der Waals surface area contributed by atoms with Crippen LogP contribution < -0.4 is 0 Å². The van der Waals surface area contributed by atoms with E-state index in [-0.39, 0.29) is 18.8 Å². The number of hydrogen-bond acceptors (Lipinski definition) is 6. The second-order valence-corrected chi connectivity index (χ2v) is 5.45. The van der Waals surface area contributed by atoms with Crippen molar-refractivity contribution in [2.24, 2.45) is 0 Å². The summed E-state index contributed by atoms with van der Waals surface area (Å²) in [6, 6.07) is 2.50. The number of hydrogen-bond donors (Lipinski definition) is 1. The van der Waals surface area contributed by atoms with Gasteiger partial charge < -0.3 is 5.11 Å². The molecule has 0 bridgehead atoms. The van der Waals surface area contributed by atoms with E-state index in [9.17, 15) is 18.5 Å². The molecule has 1 rings (SSSR count). The number of pyridine rings is 1. The number of nitro groups is 1. The monoisotopic (exact) mass is 260 g/mol. The molecule has 0 aliphatic heterocycles. The summed E-state index contributed by atoms with van der Waals surface area (Å²) in [4.78, 5) is 13.6. The highest BCUT2D eigenvalue weighted by Crippen LogP contribution is 2.23. The van der Waals surface area contributed by atoms with E-state index in [1.54, 1.807) is 6.92 Å². The smallest absolute Gasteiger partial charge is 0.306 e. The Morgan fingerprint density at radius 2 is 2.12 bits per heavy atom. The molecule has 0 amide bonds. The number of aliphatic hydroxyl groups is 1. The molecule has 0 atom stereocenters. The predicted octanol–water partition coefficient (Wildman–Crippen LogP) is 0.454. The Balaban J connectivity index is 3.28. The summed E-state index contributed by atoms with van der Waals surface area (Å²) in [6.07, 6.45) is 0.0229. The molecule has 17 heavy (non-hydrogen) atoms. The number of sulfone groups is 1. The zero-order valence-corrected chi connectivity index (χ0v) is 9.98. The summed E-state index contributed by atoms with van der Waals surface area (Å²) < 4.78 is 23.6. The van der Waals surface area contributed by atoms with Gasteiger partial charge >= 0.3 is 5.69 Å². The molecule has 1 aromatic heterocycles. The zero-order chi connectivity index (χ0) is 13.1. The number of aryl methyl sites for hydroxylation is 1. The van der Waals surface area contributed by atoms with Gasteiger partial charge in [-0.05, 0) is 19.4 Å². The highest BCUT2D eigenvalue weighted by atomic mass is 32.2. The van der Waals surface area contributed by atoms with Crippen molar-refractivity contribution in [3.05, 3.63) is 27.9 Å². The van der Waals surface area contributed by atoms with Gasteiger partial charge in [0.25, 0.3) is 0 Å². The lowest BCUT2D eigenvalue weighted by molar-refractivity contribution is -0.388. The molecule has 1 N–H and O–H groups in total. The van der Waals surface area contributed by atoms with E-state index in [4.69, 9.17) is 5.11 Å². The fourth-order valence-electron chi connectivity index (χ4n) is 1.24. The highest BCUT2D eigenvalue weighted by molar-refractivity contribution is 7.91. The van der Waals surface area contributed by atoms with Crippen LogP contribution in [0.4, 0.5) is 5.69 Å². The molecule has 0 saturated carbocycles. The van der Waals surface area contributed by atoms with Crippen LogP contribution in [0, 0.1) is 17.0 Å². The van der Waals surface area contributed by atoms with Crippen molar-refractivity contribution in [1.82, 2.24) is 4.98 Å². The van der Waals surface area contributed by atoms with Crippen LogP contribution in [0.3, 0.4) is 0 Å². The van der Waals surface area contributed by atoms with Gasteiger partial charge in [-0.2, -0.15) is 0 Å². The van der Waals surface area contributed by atoms with Crippen LogP contribution in [0.5, 0.6) is 0 Å². The fraction of sp³-hybridized carbons (Fsp3) is 0.444. The Labute approximate surface area is 98.2 Å². The first-order valence-electron chi connectivity index (χ1n) is 4.84. The van der Waals surface area contributed by atoms with Crippen molar-refractivity contribution in [3.8, 4) is 0 Å². The van der Waals surface area contributed by atoms with Crippen LogP contribution >= 0.6 is 0 Å². The van der Waals surface area contributed by atoms with Gasteiger partial charge in [-0.15, -0.1) is 0 Å². The van der Waals surface area contributed by atoms with Crippen molar-refractivity contribution in [2.75, 3.05) is 12.4 Å². The van der Waals surface area contributed by atoms with Crippen LogP contribution in [0.15, 0.2) is 17.2 Å². The average Bonchev–Trinajstić information content (AvgIpc) is 2.26. The van der Waals surface area contributed by atoms with E-state index in [2.05, 4.69) is 4.98 Å². The minimum absolute atomic E-state index is 0.0229. The van der Waals surface area contributed by atoms with Crippen molar-refractivity contribution in [2.45, 2.75) is 18.4 Å². The van der Waals surface area contributed by atoms with Crippen LogP contribution in [-0.4, -0.2) is 35.8 Å². The quantitative estimate of drug-likeness (QED) is 0.608. The van der Waals surface area contributed by atoms with Crippen LogP contribution in [0.25, 0.3) is 0 Å². The number of rotatable bonds is 5. The number of aromatic nitrogens is 1. The molecule has 0 fully saturated rings. The van der Waals surface area contributed by atoms with E-state index in [1.165, 1.54) is 6.07 Å². The topological polar surface area (TPSA) is 110 Å². The van der Waals surface area contributed by atoms with Gasteiger partial charge in [0.2, 0.25) is 14.9 Å². The maximum Gasteiger partial charge on any atom is 0.306 e. The first kappa shape index (κ1) is 13.5. The van der Waals surface area contributed by atoms with E-state index >= 15 is 0 Å². The third-order valence-electron chi connectivity index (χ3n) is 2.04. The Morgan fingerprint density at radius 3 is 2.65 bits per heavy atom. The standard InChI is InChI=1S/C9H12N2O5S/c1-7-3-4-8(11(13)14)9(10-7)17(15,16)6-2-5-12/h3-4,12H,2,5-6H2,1H3. The van der Waals surface area contributed by atoms with Crippen molar-refractivity contribution in [1.29, 1.82) is 0 Å². The molecule has 7 nitrogen and oxygen atoms in total. The lowest BCUT2D eigenvalue weighted by Gasteiger charge is -2.04. The van der Waals surface area contributed by atoms with Gasteiger partial charge in [-0.25, -0.2) is 13.4 Å². The first-order chi connectivity index (χ1) is 7.88. The molecule has 0 aliphatic rings. The maximum atomic E-state index is 11.8. The first-order valence-corrected chi connectivity index (χ1v) is 6.49. The van der Waals surface area contributed by atoms with Crippen LogP contribution in [0.2, 0.25) is 0 Å². The summed E-state index contributed by atoms with van der Waals surface area (Å²) in [7, 11) is -3.83. The summed E-state index contributed by atoms with van der Waals surface area (Å²) >= 11 is 0. The Hall–Kier alpha value is -1.54. The predicted molar refractivity (Wildman–Crippen MR) is 59.4 cm³/mol. The van der Waals surface area contributed by atoms with Crippen LogP contribution in [0.1, 0.15) is 12.1 Å². The lowest BCUT2D eigenvalue weighted by Crippen LogP contribution is -2.13. The Kier molecular flexibility index (Phi) is 4.13. The Morgan fingerprint density at radius 1 is 1.47 bits per heavy atom. The molecule has 8 heteroatoms. The normalized spacial score (nSPS) is 11.4. The highest BCUT2D eigenvalue weighted by Gasteiger charge is 2.27. The van der Waals surface area contributed by atoms with E-state index in [1.807, 2.05) is 0 Å². The van der Waals surface area contributed by atoms with Gasteiger partial charge in [0.05, 0.1) is 10.7 Å². The fourth-order valence-corrected chi connectivity index (χ4v) is 2.69. The number of nitrogens with zero attached hydrogens (tertiary/aromatic N) is 2. The summed E-state index contributed by atoms with van der Waals surface area (Å²) in [5, 5.41) is 18.8. The summed E-state index contributed by atoms with van der Waals surface area (Å²) in [5.41, 5.74) is -0.147. The largest absolute Gasteiger partial charge is 0.396 e. The van der Waals surface area contributed by atoms with Gasteiger partial charge in [0.1, 0.15) is 0 Å². The van der Waals surface area contributed by atoms with Crippen molar-refractivity contribution < 1.29 is 18.4 Å². The molecule has 0 spiro atoms. The van der Waals surface area contributed by atoms with Crippen molar-refractivity contribution in [3.63, 3.8) is 0 Å². The third-order valence-corrected chi connectivity index (χ3v) is 3.76. The molecule has 1 aromatic rings. The molecule has 0 radical (unpaired) electrons. The van der Waals surface area contributed by atoms with E-state index in [0.717, 1.165) is 6.07 Å². The van der Waals surface area contributed by atoms with Gasteiger partial charge in [-0.3, -0.25) is 10.1 Å². The molecular weight excluding hydrogens is 248 g/mol. The maximum absolute atomic E-state index is 11.8. The van der Waals surface area contributed by atoms with Crippen LogP contribution in [-0.2, 0) is 9.84 Å². The molecule has 0 saturated heterocycles. The van der Waals surface area contributed by atoms with Crippen molar-refractivity contribution >= 4 is 15.5 Å². The second kappa shape index (κ2) is 5.19. The van der Waals surface area contributed by atoms with E-state index in [0.29, 0.717) is 5.69 Å². The molecule has 0 aliphatic carbocycles. The third kappa shape index (κ3) is 3.21. The van der Waals surface area contributed by atoms with E-state index < -0.39 is 25.5 Å². The lowest BCUT2D eigenvalue weighted by atomic mass is 10.3. The zero-order valence-electron chi connectivity index (χ0n) is 9.16. The molecular formula is C9H12N2O5S. The minimum atomic E-state index is -3.83. The SMILES string of the molecule is Cc1ccc([N+](=O)[O-])c(S(=O)(=O)CCCO)n1. The summed E-state index contributed by atoms with van der Waals surface area (Å²) in [5.74, 6) is -0.360. The molecule has 0 aromatic carbocycles.